The van der Waals surface area contributed by atoms with E-state index in [2.05, 4.69) is 4.98 Å². The highest BCUT2D eigenvalue weighted by Gasteiger charge is 2.34. The molecule has 0 saturated heterocycles. The van der Waals surface area contributed by atoms with Crippen LogP contribution in [0.1, 0.15) is 11.4 Å². The molecular formula is C7H2F3N3O2. The number of aromatic nitrogens is 1. The number of hydrogen-bond donors (Lipinski definition) is 0. The monoisotopic (exact) mass is 217 g/mol. The second kappa shape index (κ2) is 3.53. The van der Waals surface area contributed by atoms with Crippen LogP contribution in [0.3, 0.4) is 0 Å². The molecule has 0 radical (unpaired) electrons. The molecule has 0 unspecified atom stereocenters. The van der Waals surface area contributed by atoms with Crippen LogP contribution in [0, 0.1) is 21.4 Å². The summed E-state index contributed by atoms with van der Waals surface area (Å²) in [6.07, 6.45) is -4.81. The minimum absolute atomic E-state index is 0.279. The predicted molar refractivity (Wildman–Crippen MR) is 40.6 cm³/mol. The highest BCUT2D eigenvalue weighted by Crippen LogP contribution is 2.30. The summed E-state index contributed by atoms with van der Waals surface area (Å²) in [7, 11) is 0. The first-order valence-electron chi connectivity index (χ1n) is 3.48. The molecule has 1 rings (SSSR count). The topological polar surface area (TPSA) is 79.8 Å². The first-order chi connectivity index (χ1) is 6.84. The number of pyridine rings is 1. The van der Waals surface area contributed by atoms with Crippen molar-refractivity contribution in [1.29, 1.82) is 5.26 Å². The molecule has 78 valence electrons. The Morgan fingerprint density at radius 3 is 2.47 bits per heavy atom. The number of halogens is 3. The van der Waals surface area contributed by atoms with E-state index < -0.39 is 28.2 Å². The van der Waals surface area contributed by atoms with Gasteiger partial charge < -0.3 is 0 Å². The quantitative estimate of drug-likeness (QED) is 0.531. The van der Waals surface area contributed by atoms with Crippen LogP contribution in [0.15, 0.2) is 12.1 Å². The van der Waals surface area contributed by atoms with Crippen molar-refractivity contribution in [2.45, 2.75) is 6.18 Å². The average Bonchev–Trinajstić information content (AvgIpc) is 2.15. The molecule has 0 aliphatic carbocycles. The largest absolute Gasteiger partial charge is 0.433 e. The summed E-state index contributed by atoms with van der Waals surface area (Å²) < 4.78 is 36.5. The molecule has 0 amide bonds. The Bertz CT molecular complexity index is 450. The molecule has 0 spiro atoms. The fourth-order valence-electron chi connectivity index (χ4n) is 0.824. The van der Waals surface area contributed by atoms with E-state index in [9.17, 15) is 23.3 Å². The van der Waals surface area contributed by atoms with Crippen molar-refractivity contribution < 1.29 is 18.1 Å². The van der Waals surface area contributed by atoms with Crippen molar-refractivity contribution >= 4 is 5.69 Å². The molecule has 0 N–H and O–H groups in total. The van der Waals surface area contributed by atoms with E-state index >= 15 is 0 Å². The number of nitro groups is 1. The summed E-state index contributed by atoms with van der Waals surface area (Å²) in [6, 6.07) is 2.27. The van der Waals surface area contributed by atoms with Gasteiger partial charge in [-0.2, -0.15) is 18.4 Å². The third kappa shape index (κ3) is 2.40. The number of alkyl halides is 3. The third-order valence-corrected chi connectivity index (χ3v) is 1.43. The lowest BCUT2D eigenvalue weighted by atomic mass is 10.2. The van der Waals surface area contributed by atoms with Gasteiger partial charge in [-0.25, -0.2) is 4.98 Å². The van der Waals surface area contributed by atoms with E-state index in [-0.39, 0.29) is 6.07 Å². The summed E-state index contributed by atoms with van der Waals surface area (Å²) in [5.74, 6) is 0. The average molecular weight is 217 g/mol. The van der Waals surface area contributed by atoms with Crippen LogP contribution in [0.5, 0.6) is 0 Å². The van der Waals surface area contributed by atoms with Crippen molar-refractivity contribution in [3.8, 4) is 6.07 Å². The van der Waals surface area contributed by atoms with Gasteiger partial charge >= 0.3 is 6.18 Å². The lowest BCUT2D eigenvalue weighted by Crippen LogP contribution is -2.09. The van der Waals surface area contributed by atoms with Crippen LogP contribution in [-0.4, -0.2) is 9.91 Å². The SMILES string of the molecule is N#Cc1cc([N+](=O)[O-])cc(C(F)(F)F)n1. The zero-order valence-electron chi connectivity index (χ0n) is 6.95. The Morgan fingerprint density at radius 2 is 2.07 bits per heavy atom. The molecule has 15 heavy (non-hydrogen) atoms. The molecule has 1 heterocycles. The Hall–Kier alpha value is -2.17. The van der Waals surface area contributed by atoms with Gasteiger partial charge in [-0.15, -0.1) is 0 Å². The van der Waals surface area contributed by atoms with Gasteiger partial charge in [0.15, 0.2) is 5.69 Å². The van der Waals surface area contributed by atoms with Crippen LogP contribution in [-0.2, 0) is 6.18 Å². The molecule has 0 aromatic carbocycles. The summed E-state index contributed by atoms with van der Waals surface area (Å²) in [5.41, 5.74) is -2.90. The Morgan fingerprint density at radius 1 is 1.47 bits per heavy atom. The second-order valence-electron chi connectivity index (χ2n) is 2.46. The molecule has 1 aromatic heterocycles. The van der Waals surface area contributed by atoms with Gasteiger partial charge in [0.25, 0.3) is 5.69 Å². The van der Waals surface area contributed by atoms with Crippen molar-refractivity contribution in [3.05, 3.63) is 33.6 Å². The van der Waals surface area contributed by atoms with Crippen LogP contribution in [0.2, 0.25) is 0 Å². The van der Waals surface area contributed by atoms with E-state index in [0.717, 1.165) is 0 Å². The molecule has 0 atom stereocenters. The Balaban J connectivity index is 3.38. The standard InChI is InChI=1S/C7H2F3N3O2/c8-7(9,10)6-2-5(13(14)15)1-4(3-11)12-6/h1-2H. The zero-order chi connectivity index (χ0) is 11.6. The van der Waals surface area contributed by atoms with Crippen LogP contribution < -0.4 is 0 Å². The fraction of sp³-hybridized carbons (Fsp3) is 0.143. The fourth-order valence-corrected chi connectivity index (χ4v) is 0.824. The van der Waals surface area contributed by atoms with Crippen molar-refractivity contribution in [3.63, 3.8) is 0 Å². The van der Waals surface area contributed by atoms with Crippen LogP contribution >= 0.6 is 0 Å². The van der Waals surface area contributed by atoms with Gasteiger partial charge in [-0.3, -0.25) is 10.1 Å². The summed E-state index contributed by atoms with van der Waals surface area (Å²) in [5, 5.41) is 18.6. The van der Waals surface area contributed by atoms with Crippen LogP contribution in [0.4, 0.5) is 18.9 Å². The van der Waals surface area contributed by atoms with E-state index in [1.807, 2.05) is 0 Å². The second-order valence-corrected chi connectivity index (χ2v) is 2.46. The minimum Gasteiger partial charge on any atom is -0.258 e. The van der Waals surface area contributed by atoms with Crippen LogP contribution in [0.25, 0.3) is 0 Å². The lowest BCUT2D eigenvalue weighted by Gasteiger charge is -2.04. The number of nitrogens with zero attached hydrogens (tertiary/aromatic N) is 3. The van der Waals surface area contributed by atoms with Gasteiger partial charge in [-0.05, 0) is 0 Å². The molecule has 5 nitrogen and oxygen atoms in total. The summed E-state index contributed by atoms with van der Waals surface area (Å²) >= 11 is 0. The Labute approximate surface area is 80.9 Å². The summed E-state index contributed by atoms with van der Waals surface area (Å²) in [6.45, 7) is 0. The predicted octanol–water partition coefficient (Wildman–Crippen LogP) is 1.88. The third-order valence-electron chi connectivity index (χ3n) is 1.43. The first kappa shape index (κ1) is 10.9. The van der Waals surface area contributed by atoms with Gasteiger partial charge in [0.1, 0.15) is 11.8 Å². The van der Waals surface area contributed by atoms with E-state index in [1.54, 1.807) is 0 Å². The van der Waals surface area contributed by atoms with Gasteiger partial charge in [0.05, 0.1) is 11.0 Å². The minimum atomic E-state index is -4.81. The molecule has 0 aliphatic rings. The highest BCUT2D eigenvalue weighted by molar-refractivity contribution is 5.38. The molecule has 1 aromatic rings. The lowest BCUT2D eigenvalue weighted by molar-refractivity contribution is -0.385. The maximum atomic E-state index is 12.2. The molecule has 0 saturated carbocycles. The zero-order valence-corrected chi connectivity index (χ0v) is 6.95. The molecule has 0 aliphatic heterocycles. The van der Waals surface area contributed by atoms with E-state index in [4.69, 9.17) is 5.26 Å². The normalized spacial score (nSPS) is 10.8. The summed E-state index contributed by atoms with van der Waals surface area (Å²) in [4.78, 5) is 12.1. The van der Waals surface area contributed by atoms with Gasteiger partial charge in [0, 0.05) is 6.07 Å². The van der Waals surface area contributed by atoms with E-state index in [1.165, 1.54) is 6.07 Å². The maximum Gasteiger partial charge on any atom is 0.433 e. The van der Waals surface area contributed by atoms with Crippen molar-refractivity contribution in [1.82, 2.24) is 4.98 Å². The highest BCUT2D eigenvalue weighted by atomic mass is 19.4. The molecule has 8 heteroatoms. The van der Waals surface area contributed by atoms with Crippen molar-refractivity contribution in [2.75, 3.05) is 0 Å². The van der Waals surface area contributed by atoms with Crippen molar-refractivity contribution in [2.24, 2.45) is 0 Å². The number of nitriles is 1. The molecule has 0 fully saturated rings. The number of rotatable bonds is 1. The molecule has 0 bridgehead atoms. The number of hydrogen-bond acceptors (Lipinski definition) is 4. The first-order valence-corrected chi connectivity index (χ1v) is 3.48. The smallest absolute Gasteiger partial charge is 0.258 e. The molecular weight excluding hydrogens is 215 g/mol. The maximum absolute atomic E-state index is 12.2. The van der Waals surface area contributed by atoms with Gasteiger partial charge in [0.2, 0.25) is 0 Å². The van der Waals surface area contributed by atoms with E-state index in [0.29, 0.717) is 6.07 Å². The van der Waals surface area contributed by atoms with Gasteiger partial charge in [-0.1, -0.05) is 0 Å². The Kier molecular flexibility index (Phi) is 2.57.